The zero-order valence-corrected chi connectivity index (χ0v) is 6.62. The number of hydrogen-bond acceptors (Lipinski definition) is 2. The normalized spacial score (nSPS) is 16.0. The first kappa shape index (κ1) is 7.35. The Bertz CT molecular complexity index is 313. The molecule has 1 fully saturated rings. The van der Waals surface area contributed by atoms with Crippen molar-refractivity contribution in [1.82, 2.24) is 0 Å². The topological polar surface area (TPSA) is 40.1 Å². The van der Waals surface area contributed by atoms with E-state index in [2.05, 4.69) is 0 Å². The molecule has 2 heteroatoms. The molecule has 0 heterocycles. The summed E-state index contributed by atoms with van der Waals surface area (Å²) in [5.41, 5.74) is 1.30. The van der Waals surface area contributed by atoms with Crippen LogP contribution >= 0.6 is 0 Å². The molecule has 0 spiro atoms. The highest BCUT2D eigenvalue weighted by Gasteiger charge is 2.25. The van der Waals surface area contributed by atoms with Crippen molar-refractivity contribution in [2.75, 3.05) is 0 Å². The molecular weight excluding hydrogens is 152 g/mol. The molecule has 0 atom stereocenters. The fourth-order valence-electron chi connectivity index (χ4n) is 1.43. The maximum atomic E-state index is 10.6. The van der Waals surface area contributed by atoms with Gasteiger partial charge in [0.25, 0.3) is 0 Å². The van der Waals surface area contributed by atoms with Crippen LogP contribution in [0.4, 0.5) is 0 Å². The van der Waals surface area contributed by atoms with Gasteiger partial charge < -0.3 is 9.90 Å². The van der Waals surface area contributed by atoms with Crippen LogP contribution in [0.25, 0.3) is 0 Å². The van der Waals surface area contributed by atoms with E-state index < -0.39 is 5.97 Å². The minimum Gasteiger partial charge on any atom is -0.545 e. The summed E-state index contributed by atoms with van der Waals surface area (Å²) in [6, 6.07) is 7.10. The molecule has 1 aromatic rings. The lowest BCUT2D eigenvalue weighted by Gasteiger charge is -2.07. The molecule has 62 valence electrons. The Balaban J connectivity index is 2.43. The van der Waals surface area contributed by atoms with Gasteiger partial charge in [0.2, 0.25) is 0 Å². The molecule has 0 amide bonds. The van der Waals surface area contributed by atoms with Crippen molar-refractivity contribution < 1.29 is 9.90 Å². The second-order valence-electron chi connectivity index (χ2n) is 3.15. The van der Waals surface area contributed by atoms with Gasteiger partial charge in [-0.15, -0.1) is 0 Å². The molecule has 2 rings (SSSR count). The van der Waals surface area contributed by atoms with E-state index in [1.165, 1.54) is 0 Å². The fourth-order valence-corrected chi connectivity index (χ4v) is 1.43. The van der Waals surface area contributed by atoms with Crippen LogP contribution in [-0.2, 0) is 0 Å². The quantitative estimate of drug-likeness (QED) is 0.647. The molecule has 2 nitrogen and oxygen atoms in total. The van der Waals surface area contributed by atoms with Crippen LogP contribution in [0.2, 0.25) is 0 Å². The monoisotopic (exact) mass is 161 g/mol. The highest BCUT2D eigenvalue weighted by Crippen LogP contribution is 2.41. The fraction of sp³-hybridized carbons (Fsp3) is 0.300. The summed E-state index contributed by atoms with van der Waals surface area (Å²) in [6.07, 6.45) is 2.23. The molecule has 1 aliphatic rings. The molecule has 0 N–H and O–H groups in total. The van der Waals surface area contributed by atoms with Crippen molar-refractivity contribution in [3.63, 3.8) is 0 Å². The second-order valence-corrected chi connectivity index (χ2v) is 3.15. The Morgan fingerprint density at radius 2 is 2.00 bits per heavy atom. The summed E-state index contributed by atoms with van der Waals surface area (Å²) in [6.45, 7) is 0. The van der Waals surface area contributed by atoms with Crippen molar-refractivity contribution in [3.8, 4) is 0 Å². The maximum Gasteiger partial charge on any atom is 0.0718 e. The third-order valence-corrected chi connectivity index (χ3v) is 2.20. The number of benzene rings is 1. The molecule has 0 saturated heterocycles. The van der Waals surface area contributed by atoms with E-state index in [-0.39, 0.29) is 0 Å². The van der Waals surface area contributed by atoms with Gasteiger partial charge in [-0.2, -0.15) is 0 Å². The van der Waals surface area contributed by atoms with E-state index in [1.807, 2.05) is 12.1 Å². The number of hydrogen-bond donors (Lipinski definition) is 0. The molecular formula is C10H9O2-. The Labute approximate surface area is 70.8 Å². The van der Waals surface area contributed by atoms with Crippen molar-refractivity contribution in [1.29, 1.82) is 0 Å². The number of carboxylic acids is 1. The molecule has 1 aliphatic carbocycles. The van der Waals surface area contributed by atoms with Crippen molar-refractivity contribution in [3.05, 3.63) is 35.4 Å². The van der Waals surface area contributed by atoms with Crippen LogP contribution in [-0.4, -0.2) is 5.97 Å². The Hall–Kier alpha value is -1.31. The predicted octanol–water partition coefficient (Wildman–Crippen LogP) is 0.927. The van der Waals surface area contributed by atoms with Gasteiger partial charge in [0, 0.05) is 5.56 Å². The minimum absolute atomic E-state index is 0.361. The number of aromatic carboxylic acids is 1. The van der Waals surface area contributed by atoms with Crippen LogP contribution in [0.15, 0.2) is 24.3 Å². The molecule has 1 aromatic carbocycles. The summed E-state index contributed by atoms with van der Waals surface area (Å²) in [7, 11) is 0. The van der Waals surface area contributed by atoms with Gasteiger partial charge in [-0.3, -0.25) is 0 Å². The number of rotatable bonds is 2. The summed E-state index contributed by atoms with van der Waals surface area (Å²) in [5.74, 6) is -0.586. The van der Waals surface area contributed by atoms with Gasteiger partial charge in [0.05, 0.1) is 5.97 Å². The first-order valence-corrected chi connectivity index (χ1v) is 4.09. The zero-order valence-electron chi connectivity index (χ0n) is 6.62. The van der Waals surface area contributed by atoms with Gasteiger partial charge >= 0.3 is 0 Å². The first-order chi connectivity index (χ1) is 5.79. The predicted molar refractivity (Wildman–Crippen MR) is 42.7 cm³/mol. The molecule has 0 aromatic heterocycles. The SMILES string of the molecule is O=C([O-])c1ccccc1C1CC1. The van der Waals surface area contributed by atoms with E-state index in [0.717, 1.165) is 18.4 Å². The maximum absolute atomic E-state index is 10.6. The highest BCUT2D eigenvalue weighted by atomic mass is 16.4. The van der Waals surface area contributed by atoms with Crippen LogP contribution in [0.3, 0.4) is 0 Å². The van der Waals surface area contributed by atoms with Crippen molar-refractivity contribution in [2.45, 2.75) is 18.8 Å². The van der Waals surface area contributed by atoms with Crippen LogP contribution < -0.4 is 5.11 Å². The molecule has 0 unspecified atom stereocenters. The number of carboxylic acid groups (broad SMARTS) is 1. The second kappa shape index (κ2) is 2.63. The Morgan fingerprint density at radius 3 is 2.58 bits per heavy atom. The smallest absolute Gasteiger partial charge is 0.0718 e. The van der Waals surface area contributed by atoms with E-state index in [0.29, 0.717) is 11.5 Å². The standard InChI is InChI=1S/C10H10O2/c11-10(12)9-4-2-1-3-8(9)7-5-6-7/h1-4,7H,5-6H2,(H,11,12)/p-1. The highest BCUT2D eigenvalue weighted by molar-refractivity contribution is 5.88. The average molecular weight is 161 g/mol. The zero-order chi connectivity index (χ0) is 8.55. The van der Waals surface area contributed by atoms with Crippen LogP contribution in [0.1, 0.15) is 34.7 Å². The molecule has 0 bridgehead atoms. The van der Waals surface area contributed by atoms with E-state index in [1.54, 1.807) is 12.1 Å². The molecule has 12 heavy (non-hydrogen) atoms. The van der Waals surface area contributed by atoms with E-state index in [9.17, 15) is 9.90 Å². The summed E-state index contributed by atoms with van der Waals surface area (Å²) >= 11 is 0. The van der Waals surface area contributed by atoms with Gasteiger partial charge in [-0.05, 0) is 24.3 Å². The largest absolute Gasteiger partial charge is 0.545 e. The lowest BCUT2D eigenvalue weighted by Crippen LogP contribution is -2.23. The van der Waals surface area contributed by atoms with E-state index >= 15 is 0 Å². The minimum atomic E-state index is -1.06. The summed E-state index contributed by atoms with van der Waals surface area (Å²) < 4.78 is 0. The lowest BCUT2D eigenvalue weighted by atomic mass is 10.0. The number of carbonyl (C=O) groups excluding carboxylic acids is 1. The van der Waals surface area contributed by atoms with Crippen LogP contribution in [0, 0.1) is 0 Å². The first-order valence-electron chi connectivity index (χ1n) is 4.09. The molecule has 0 radical (unpaired) electrons. The Morgan fingerprint density at radius 1 is 1.33 bits per heavy atom. The van der Waals surface area contributed by atoms with Gasteiger partial charge in [0.15, 0.2) is 0 Å². The third kappa shape index (κ3) is 1.20. The van der Waals surface area contributed by atoms with E-state index in [4.69, 9.17) is 0 Å². The summed E-state index contributed by atoms with van der Waals surface area (Å²) in [4.78, 5) is 10.6. The van der Waals surface area contributed by atoms with Gasteiger partial charge in [-0.1, -0.05) is 24.3 Å². The Kier molecular flexibility index (Phi) is 1.61. The van der Waals surface area contributed by atoms with Gasteiger partial charge in [0.1, 0.15) is 0 Å². The third-order valence-electron chi connectivity index (χ3n) is 2.20. The van der Waals surface area contributed by atoms with Crippen LogP contribution in [0.5, 0.6) is 0 Å². The number of carbonyl (C=O) groups is 1. The van der Waals surface area contributed by atoms with Gasteiger partial charge in [-0.25, -0.2) is 0 Å². The van der Waals surface area contributed by atoms with Crippen molar-refractivity contribution >= 4 is 5.97 Å². The lowest BCUT2D eigenvalue weighted by molar-refractivity contribution is -0.255. The molecule has 1 saturated carbocycles. The van der Waals surface area contributed by atoms with Crippen molar-refractivity contribution in [2.24, 2.45) is 0 Å². The molecule has 0 aliphatic heterocycles. The summed E-state index contributed by atoms with van der Waals surface area (Å²) in [5, 5.41) is 10.6. The average Bonchev–Trinajstić information content (AvgIpc) is 2.87.